The van der Waals surface area contributed by atoms with Gasteiger partial charge in [-0.3, -0.25) is 0 Å². The lowest BCUT2D eigenvalue weighted by molar-refractivity contribution is -0.268. The molecule has 0 amide bonds. The summed E-state index contributed by atoms with van der Waals surface area (Å²) in [5.41, 5.74) is 9.78. The van der Waals surface area contributed by atoms with Crippen LogP contribution in [0.25, 0.3) is 0 Å². The van der Waals surface area contributed by atoms with Gasteiger partial charge in [0.1, 0.15) is 0 Å². The SMILES string of the molecule is CC1C(CSc2ccccn2)OC(c2ccc(CN)cc2)OC1c1ccc(CO)cc1. The molecule has 0 saturated carbocycles. The van der Waals surface area contributed by atoms with E-state index in [9.17, 15) is 5.11 Å². The van der Waals surface area contributed by atoms with E-state index >= 15 is 0 Å². The first kappa shape index (κ1) is 22.0. The van der Waals surface area contributed by atoms with Crippen LogP contribution in [0.5, 0.6) is 0 Å². The van der Waals surface area contributed by atoms with Gasteiger partial charge in [0.25, 0.3) is 0 Å². The van der Waals surface area contributed by atoms with Gasteiger partial charge >= 0.3 is 0 Å². The van der Waals surface area contributed by atoms with E-state index in [1.165, 1.54) is 0 Å². The Morgan fingerprint density at radius 1 is 0.935 bits per heavy atom. The van der Waals surface area contributed by atoms with Crippen molar-refractivity contribution in [2.75, 3.05) is 5.75 Å². The van der Waals surface area contributed by atoms with Gasteiger partial charge in [-0.15, -0.1) is 11.8 Å². The van der Waals surface area contributed by atoms with E-state index in [1.54, 1.807) is 11.8 Å². The van der Waals surface area contributed by atoms with Crippen molar-refractivity contribution in [3.05, 3.63) is 95.2 Å². The van der Waals surface area contributed by atoms with Gasteiger partial charge in [0, 0.05) is 30.0 Å². The Morgan fingerprint density at radius 2 is 1.65 bits per heavy atom. The predicted octanol–water partition coefficient (Wildman–Crippen LogP) is 4.62. The van der Waals surface area contributed by atoms with Crippen molar-refractivity contribution in [2.24, 2.45) is 11.7 Å². The molecule has 0 aliphatic carbocycles. The Labute approximate surface area is 187 Å². The predicted molar refractivity (Wildman–Crippen MR) is 122 cm³/mol. The van der Waals surface area contributed by atoms with E-state index in [-0.39, 0.29) is 24.7 Å². The zero-order chi connectivity index (χ0) is 21.6. The van der Waals surface area contributed by atoms with Crippen molar-refractivity contribution in [3.63, 3.8) is 0 Å². The molecule has 1 aliphatic heterocycles. The van der Waals surface area contributed by atoms with Gasteiger partial charge in [0.15, 0.2) is 6.29 Å². The first-order valence-corrected chi connectivity index (χ1v) is 11.5. The van der Waals surface area contributed by atoms with Crippen LogP contribution in [0.2, 0.25) is 0 Å². The Kier molecular flexibility index (Phi) is 7.37. The molecule has 3 aromatic rings. The fourth-order valence-electron chi connectivity index (χ4n) is 3.72. The number of nitrogens with zero attached hydrogens (tertiary/aromatic N) is 1. The number of aliphatic hydroxyl groups is 1. The molecule has 31 heavy (non-hydrogen) atoms. The number of hydrogen-bond donors (Lipinski definition) is 2. The Hall–Kier alpha value is -2.22. The van der Waals surface area contributed by atoms with Crippen LogP contribution in [-0.2, 0) is 22.6 Å². The lowest BCUT2D eigenvalue weighted by Gasteiger charge is -2.41. The summed E-state index contributed by atoms with van der Waals surface area (Å²) in [4.78, 5) is 4.42. The van der Waals surface area contributed by atoms with Gasteiger partial charge in [-0.25, -0.2) is 4.98 Å². The number of rotatable bonds is 7. The normalized spacial score (nSPS) is 23.6. The Bertz CT molecular complexity index is 951. The molecule has 162 valence electrons. The highest BCUT2D eigenvalue weighted by molar-refractivity contribution is 7.99. The number of pyridine rings is 1. The average molecular weight is 437 g/mol. The van der Waals surface area contributed by atoms with Crippen molar-refractivity contribution in [2.45, 2.75) is 43.6 Å². The molecule has 5 nitrogen and oxygen atoms in total. The summed E-state index contributed by atoms with van der Waals surface area (Å²) in [6.45, 7) is 2.71. The highest BCUT2D eigenvalue weighted by atomic mass is 32.2. The van der Waals surface area contributed by atoms with Crippen LogP contribution in [0, 0.1) is 5.92 Å². The van der Waals surface area contributed by atoms with E-state index in [1.807, 2.05) is 72.9 Å². The standard InChI is InChI=1S/C25H28N2O3S/c1-17-22(16-31-23-4-2-3-13-27-23)29-25(21-11-5-18(14-26)6-12-21)30-24(17)20-9-7-19(15-28)8-10-20/h2-13,17,22,24-25,28H,14-16,26H2,1H3. The van der Waals surface area contributed by atoms with Gasteiger partial charge in [-0.2, -0.15) is 0 Å². The summed E-state index contributed by atoms with van der Waals surface area (Å²) in [5.74, 6) is 0.931. The molecular weight excluding hydrogens is 408 g/mol. The first-order valence-electron chi connectivity index (χ1n) is 10.5. The van der Waals surface area contributed by atoms with Crippen LogP contribution in [-0.4, -0.2) is 21.9 Å². The van der Waals surface area contributed by atoms with Crippen LogP contribution in [0.1, 0.15) is 41.6 Å². The molecule has 1 aromatic heterocycles. The number of benzene rings is 2. The molecule has 1 aliphatic rings. The number of aromatic nitrogens is 1. The third kappa shape index (κ3) is 5.34. The molecule has 6 heteroatoms. The number of ether oxygens (including phenoxy) is 2. The monoisotopic (exact) mass is 436 g/mol. The molecule has 2 heterocycles. The topological polar surface area (TPSA) is 77.6 Å². The third-order valence-corrected chi connectivity index (χ3v) is 6.68. The summed E-state index contributed by atoms with van der Waals surface area (Å²) in [5, 5.41) is 10.4. The van der Waals surface area contributed by atoms with E-state index < -0.39 is 6.29 Å². The van der Waals surface area contributed by atoms with Gasteiger partial charge in [0.05, 0.1) is 23.8 Å². The molecule has 4 unspecified atom stereocenters. The zero-order valence-corrected chi connectivity index (χ0v) is 18.4. The quantitative estimate of drug-likeness (QED) is 0.527. The van der Waals surface area contributed by atoms with Crippen molar-refractivity contribution in [3.8, 4) is 0 Å². The summed E-state index contributed by atoms with van der Waals surface area (Å²) < 4.78 is 12.9. The average Bonchev–Trinajstić information content (AvgIpc) is 2.84. The molecular formula is C25H28N2O3S. The van der Waals surface area contributed by atoms with Crippen LogP contribution in [0.4, 0.5) is 0 Å². The van der Waals surface area contributed by atoms with Crippen LogP contribution in [0.3, 0.4) is 0 Å². The second kappa shape index (κ2) is 10.4. The number of nitrogens with two attached hydrogens (primary N) is 1. The maximum atomic E-state index is 9.38. The van der Waals surface area contributed by atoms with Crippen LogP contribution in [0.15, 0.2) is 78.0 Å². The maximum absolute atomic E-state index is 9.38. The molecule has 3 N–H and O–H groups in total. The summed E-state index contributed by atoms with van der Waals surface area (Å²) in [6.07, 6.45) is 1.22. The fourth-order valence-corrected chi connectivity index (χ4v) is 4.75. The molecule has 0 spiro atoms. The smallest absolute Gasteiger partial charge is 0.184 e. The largest absolute Gasteiger partial charge is 0.392 e. The summed E-state index contributed by atoms with van der Waals surface area (Å²) in [6, 6.07) is 22.0. The Morgan fingerprint density at radius 3 is 2.29 bits per heavy atom. The van der Waals surface area contributed by atoms with Gasteiger partial charge in [-0.1, -0.05) is 61.5 Å². The third-order valence-electron chi connectivity index (χ3n) is 5.64. The van der Waals surface area contributed by atoms with E-state index in [4.69, 9.17) is 15.2 Å². The van der Waals surface area contributed by atoms with E-state index in [2.05, 4.69) is 11.9 Å². The first-order chi connectivity index (χ1) is 15.2. The number of hydrogen-bond acceptors (Lipinski definition) is 6. The fraction of sp³-hybridized carbons (Fsp3) is 0.320. The van der Waals surface area contributed by atoms with Gasteiger partial charge < -0.3 is 20.3 Å². The minimum atomic E-state index is -0.458. The Balaban J connectivity index is 1.58. The second-order valence-corrected chi connectivity index (χ2v) is 8.79. The van der Waals surface area contributed by atoms with E-state index in [0.717, 1.165) is 33.0 Å². The van der Waals surface area contributed by atoms with Gasteiger partial charge in [0.2, 0.25) is 0 Å². The van der Waals surface area contributed by atoms with Crippen molar-refractivity contribution in [1.82, 2.24) is 4.98 Å². The molecule has 0 bridgehead atoms. The molecule has 4 atom stereocenters. The highest BCUT2D eigenvalue weighted by Crippen LogP contribution is 2.42. The molecule has 4 rings (SSSR count). The minimum Gasteiger partial charge on any atom is -0.392 e. The van der Waals surface area contributed by atoms with Crippen molar-refractivity contribution >= 4 is 11.8 Å². The molecule has 1 saturated heterocycles. The lowest BCUT2D eigenvalue weighted by Crippen LogP contribution is -2.38. The molecule has 2 aromatic carbocycles. The zero-order valence-electron chi connectivity index (χ0n) is 17.6. The summed E-state index contributed by atoms with van der Waals surface area (Å²) >= 11 is 1.70. The lowest BCUT2D eigenvalue weighted by atomic mass is 9.91. The number of aliphatic hydroxyl groups excluding tert-OH is 1. The van der Waals surface area contributed by atoms with E-state index in [0.29, 0.717) is 6.54 Å². The minimum absolute atomic E-state index is 0.0116. The molecule has 1 fully saturated rings. The summed E-state index contributed by atoms with van der Waals surface area (Å²) in [7, 11) is 0. The van der Waals surface area contributed by atoms with Crippen molar-refractivity contribution < 1.29 is 14.6 Å². The highest BCUT2D eigenvalue weighted by Gasteiger charge is 2.38. The van der Waals surface area contributed by atoms with Crippen LogP contribution < -0.4 is 5.73 Å². The second-order valence-electron chi connectivity index (χ2n) is 7.75. The number of thioether (sulfide) groups is 1. The van der Waals surface area contributed by atoms with Gasteiger partial charge in [-0.05, 0) is 28.8 Å². The van der Waals surface area contributed by atoms with Crippen molar-refractivity contribution in [1.29, 1.82) is 0 Å². The van der Waals surface area contributed by atoms with Crippen LogP contribution >= 0.6 is 11.8 Å². The maximum Gasteiger partial charge on any atom is 0.184 e. The molecule has 0 radical (unpaired) electrons.